The minimum atomic E-state index is -0.151. The molecule has 0 atom stereocenters. The number of benzene rings is 1. The molecule has 0 saturated heterocycles. The van der Waals surface area contributed by atoms with Gasteiger partial charge in [0, 0.05) is 29.6 Å². The van der Waals surface area contributed by atoms with Crippen molar-refractivity contribution in [3.8, 4) is 0 Å². The molecule has 1 amide bonds. The van der Waals surface area contributed by atoms with E-state index < -0.39 is 0 Å². The molecular formula is C14H13ClN6OS2. The molecule has 1 N–H and O–H groups in total. The maximum atomic E-state index is 12.0. The molecule has 3 aromatic rings. The van der Waals surface area contributed by atoms with Gasteiger partial charge in [-0.3, -0.25) is 4.79 Å². The molecule has 0 spiro atoms. The molecule has 0 aliphatic rings. The predicted molar refractivity (Wildman–Crippen MR) is 94.5 cm³/mol. The number of amides is 1. The second-order valence-electron chi connectivity index (χ2n) is 4.82. The molecule has 0 fully saturated rings. The minimum absolute atomic E-state index is 0.151. The summed E-state index contributed by atoms with van der Waals surface area (Å²) in [6, 6.07) is 7.68. The number of halogens is 1. The number of hydrogen-bond donors (Lipinski definition) is 1. The van der Waals surface area contributed by atoms with Gasteiger partial charge in [0.2, 0.25) is 11.1 Å². The highest BCUT2D eigenvalue weighted by atomic mass is 35.5. The van der Waals surface area contributed by atoms with Crippen LogP contribution in [0.3, 0.4) is 0 Å². The van der Waals surface area contributed by atoms with Crippen LogP contribution in [0.25, 0.3) is 0 Å². The second-order valence-corrected chi connectivity index (χ2v) is 7.29. The van der Waals surface area contributed by atoms with E-state index in [1.54, 1.807) is 13.2 Å². The van der Waals surface area contributed by atoms with Crippen molar-refractivity contribution in [1.82, 2.24) is 25.2 Å². The maximum absolute atomic E-state index is 12.0. The zero-order chi connectivity index (χ0) is 16.9. The maximum Gasteiger partial charge on any atom is 0.236 e. The number of aryl methyl sites for hydroxylation is 1. The smallest absolute Gasteiger partial charge is 0.236 e. The molecular weight excluding hydrogens is 368 g/mol. The van der Waals surface area contributed by atoms with Crippen LogP contribution in [0.15, 0.2) is 35.6 Å². The van der Waals surface area contributed by atoms with Gasteiger partial charge in [-0.15, -0.1) is 16.4 Å². The van der Waals surface area contributed by atoms with Gasteiger partial charge in [0.25, 0.3) is 0 Å². The Hall–Kier alpha value is -1.97. The summed E-state index contributed by atoms with van der Waals surface area (Å²) in [4.78, 5) is 17.2. The SMILES string of the molecule is Cn1nnnc1SCC(=O)Nc1ncc(Cc2ccccc2Cl)s1. The zero-order valence-corrected chi connectivity index (χ0v) is 15.0. The van der Waals surface area contributed by atoms with Crippen LogP contribution in [0.2, 0.25) is 5.02 Å². The van der Waals surface area contributed by atoms with Crippen molar-refractivity contribution in [2.24, 2.45) is 7.05 Å². The summed E-state index contributed by atoms with van der Waals surface area (Å²) in [5, 5.41) is 15.7. The monoisotopic (exact) mass is 380 g/mol. The summed E-state index contributed by atoms with van der Waals surface area (Å²) in [7, 11) is 1.72. The highest BCUT2D eigenvalue weighted by molar-refractivity contribution is 7.99. The van der Waals surface area contributed by atoms with Crippen LogP contribution in [0.4, 0.5) is 5.13 Å². The Morgan fingerprint density at radius 3 is 3.00 bits per heavy atom. The molecule has 10 heteroatoms. The van der Waals surface area contributed by atoms with Crippen molar-refractivity contribution in [2.75, 3.05) is 11.1 Å². The van der Waals surface area contributed by atoms with Crippen molar-refractivity contribution < 1.29 is 4.79 Å². The molecule has 2 heterocycles. The fraction of sp³-hybridized carbons (Fsp3) is 0.214. The van der Waals surface area contributed by atoms with Crippen molar-refractivity contribution in [1.29, 1.82) is 0 Å². The third-order valence-corrected chi connectivity index (χ3v) is 5.33. The van der Waals surface area contributed by atoms with Crippen LogP contribution in [0.5, 0.6) is 0 Å². The molecule has 0 aliphatic heterocycles. The Labute approximate surface area is 151 Å². The Bertz CT molecular complexity index is 849. The van der Waals surface area contributed by atoms with Crippen molar-refractivity contribution in [3.63, 3.8) is 0 Å². The number of anilines is 1. The van der Waals surface area contributed by atoms with E-state index in [9.17, 15) is 4.79 Å². The van der Waals surface area contributed by atoms with E-state index in [2.05, 4.69) is 25.8 Å². The fourth-order valence-electron chi connectivity index (χ4n) is 1.91. The van der Waals surface area contributed by atoms with Crippen molar-refractivity contribution in [2.45, 2.75) is 11.6 Å². The molecule has 1 aromatic carbocycles. The lowest BCUT2D eigenvalue weighted by atomic mass is 10.1. The number of rotatable bonds is 6. The van der Waals surface area contributed by atoms with Crippen LogP contribution < -0.4 is 5.32 Å². The van der Waals surface area contributed by atoms with Gasteiger partial charge >= 0.3 is 0 Å². The van der Waals surface area contributed by atoms with Gasteiger partial charge in [0.1, 0.15) is 0 Å². The summed E-state index contributed by atoms with van der Waals surface area (Å²) in [6.07, 6.45) is 2.44. The molecule has 3 rings (SSSR count). The second kappa shape index (κ2) is 7.73. The summed E-state index contributed by atoms with van der Waals surface area (Å²) in [6.45, 7) is 0. The molecule has 0 unspecified atom stereocenters. The normalized spacial score (nSPS) is 10.8. The number of hydrogen-bond acceptors (Lipinski definition) is 7. The summed E-state index contributed by atoms with van der Waals surface area (Å²) in [5.74, 6) is 0.0647. The van der Waals surface area contributed by atoms with Crippen LogP contribution in [-0.4, -0.2) is 36.9 Å². The van der Waals surface area contributed by atoms with Crippen molar-refractivity contribution >= 4 is 45.7 Å². The molecule has 7 nitrogen and oxygen atoms in total. The first kappa shape index (κ1) is 16.9. The third kappa shape index (κ3) is 4.31. The molecule has 0 saturated carbocycles. The average molecular weight is 381 g/mol. The zero-order valence-electron chi connectivity index (χ0n) is 12.6. The van der Waals surface area contributed by atoms with Gasteiger partial charge in [-0.25, -0.2) is 9.67 Å². The standard InChI is InChI=1S/C14H13ClN6OS2/c1-21-14(18-19-20-21)23-8-12(22)17-13-16-7-10(24-13)6-9-4-2-3-5-11(9)15/h2-5,7H,6,8H2,1H3,(H,16,17,22). The highest BCUT2D eigenvalue weighted by Crippen LogP contribution is 2.25. The number of aromatic nitrogens is 5. The van der Waals surface area contributed by atoms with Gasteiger partial charge in [0.15, 0.2) is 5.13 Å². The Balaban J connectivity index is 1.55. The molecule has 0 bridgehead atoms. The van der Waals surface area contributed by atoms with E-state index in [-0.39, 0.29) is 11.7 Å². The topological polar surface area (TPSA) is 85.6 Å². The lowest BCUT2D eigenvalue weighted by Gasteiger charge is -2.01. The summed E-state index contributed by atoms with van der Waals surface area (Å²) >= 11 is 8.86. The number of carbonyl (C=O) groups is 1. The number of thiazole rings is 1. The van der Waals surface area contributed by atoms with E-state index in [1.165, 1.54) is 27.8 Å². The average Bonchev–Trinajstić information content (AvgIpc) is 3.17. The Morgan fingerprint density at radius 2 is 2.25 bits per heavy atom. The van der Waals surface area contributed by atoms with Crippen molar-refractivity contribution in [3.05, 3.63) is 45.9 Å². The molecule has 0 aliphatic carbocycles. The van der Waals surface area contributed by atoms with Crippen LogP contribution in [0.1, 0.15) is 10.4 Å². The van der Waals surface area contributed by atoms with E-state index in [4.69, 9.17) is 11.6 Å². The lowest BCUT2D eigenvalue weighted by Crippen LogP contribution is -2.14. The number of carbonyl (C=O) groups excluding carboxylic acids is 1. The quantitative estimate of drug-likeness (QED) is 0.661. The summed E-state index contributed by atoms with van der Waals surface area (Å²) in [5.41, 5.74) is 1.03. The van der Waals surface area contributed by atoms with Gasteiger partial charge in [-0.05, 0) is 22.1 Å². The highest BCUT2D eigenvalue weighted by Gasteiger charge is 2.11. The first-order chi connectivity index (χ1) is 11.6. The van der Waals surface area contributed by atoms with Crippen LogP contribution >= 0.6 is 34.7 Å². The van der Waals surface area contributed by atoms with E-state index >= 15 is 0 Å². The van der Waals surface area contributed by atoms with Crippen LogP contribution in [0, 0.1) is 0 Å². The minimum Gasteiger partial charge on any atom is -0.301 e. The molecule has 0 radical (unpaired) electrons. The first-order valence-electron chi connectivity index (χ1n) is 6.95. The first-order valence-corrected chi connectivity index (χ1v) is 9.13. The van der Waals surface area contributed by atoms with E-state index in [0.717, 1.165) is 15.5 Å². The van der Waals surface area contributed by atoms with E-state index in [1.807, 2.05) is 24.3 Å². The third-order valence-electron chi connectivity index (χ3n) is 3.04. The van der Waals surface area contributed by atoms with Gasteiger partial charge in [-0.1, -0.05) is 41.6 Å². The predicted octanol–water partition coefficient (Wildman–Crippen LogP) is 2.64. The number of nitrogens with zero attached hydrogens (tertiary/aromatic N) is 5. The van der Waals surface area contributed by atoms with Gasteiger partial charge in [0.05, 0.1) is 5.75 Å². The Morgan fingerprint density at radius 1 is 1.42 bits per heavy atom. The lowest BCUT2D eigenvalue weighted by molar-refractivity contribution is -0.113. The largest absolute Gasteiger partial charge is 0.301 e. The number of nitrogens with one attached hydrogen (secondary N) is 1. The Kier molecular flexibility index (Phi) is 5.44. The number of tetrazole rings is 1. The van der Waals surface area contributed by atoms with E-state index in [0.29, 0.717) is 16.7 Å². The molecule has 124 valence electrons. The van der Waals surface area contributed by atoms with Gasteiger partial charge < -0.3 is 5.32 Å². The fourth-order valence-corrected chi connectivity index (χ4v) is 3.61. The number of thioether (sulfide) groups is 1. The van der Waals surface area contributed by atoms with Gasteiger partial charge in [-0.2, -0.15) is 0 Å². The molecule has 24 heavy (non-hydrogen) atoms. The molecule has 2 aromatic heterocycles. The van der Waals surface area contributed by atoms with Crippen LogP contribution in [-0.2, 0) is 18.3 Å². The summed E-state index contributed by atoms with van der Waals surface area (Å²) < 4.78 is 1.52.